The number of oxime groups is 1. The fraction of sp³-hybridized carbons (Fsp3) is 0.364. The molecule has 6 heteroatoms. The Morgan fingerprint density at radius 1 is 1.35 bits per heavy atom. The van der Waals surface area contributed by atoms with Gasteiger partial charge in [0.05, 0.1) is 5.71 Å². The third kappa shape index (κ3) is 3.97. The number of benzene rings is 1. The van der Waals surface area contributed by atoms with Gasteiger partial charge in [0.25, 0.3) is 0 Å². The van der Waals surface area contributed by atoms with Crippen molar-refractivity contribution in [1.29, 1.82) is 0 Å². The van der Waals surface area contributed by atoms with Crippen LogP contribution in [0, 0.1) is 0 Å². The van der Waals surface area contributed by atoms with Gasteiger partial charge in [-0.15, -0.1) is 0 Å². The van der Waals surface area contributed by atoms with Crippen LogP contribution in [0.15, 0.2) is 29.4 Å². The van der Waals surface area contributed by atoms with Crippen LogP contribution in [0.5, 0.6) is 5.75 Å². The number of nitrogens with zero attached hydrogens (tertiary/aromatic N) is 1. The summed E-state index contributed by atoms with van der Waals surface area (Å²) in [6.45, 7) is 0.363. The smallest absolute Gasteiger partial charge is 0.422 e. The Hall–Kier alpha value is -1.72. The van der Waals surface area contributed by atoms with Crippen molar-refractivity contribution in [2.45, 2.75) is 19.5 Å². The third-order valence-electron chi connectivity index (χ3n) is 2.04. The molecule has 0 bridgehead atoms. The molecule has 0 fully saturated rings. The van der Waals surface area contributed by atoms with E-state index in [1.54, 1.807) is 25.1 Å². The molecule has 94 valence electrons. The predicted molar refractivity (Wildman–Crippen MR) is 56.6 cm³/mol. The molecule has 0 aliphatic rings. The first-order chi connectivity index (χ1) is 7.98. The number of halogens is 3. The van der Waals surface area contributed by atoms with Gasteiger partial charge in [-0.25, -0.2) is 0 Å². The fourth-order valence-electron chi connectivity index (χ4n) is 1.31. The second kappa shape index (κ2) is 5.56. The monoisotopic (exact) mass is 247 g/mol. The number of ether oxygens (including phenoxy) is 1. The van der Waals surface area contributed by atoms with Crippen molar-refractivity contribution in [3.8, 4) is 5.75 Å². The predicted octanol–water partition coefficient (Wildman–Crippen LogP) is 3.22. The molecule has 0 saturated heterocycles. The van der Waals surface area contributed by atoms with E-state index in [9.17, 15) is 13.2 Å². The lowest BCUT2D eigenvalue weighted by Crippen LogP contribution is -2.20. The summed E-state index contributed by atoms with van der Waals surface area (Å²) in [7, 11) is 0. The molecule has 1 rings (SSSR count). The summed E-state index contributed by atoms with van der Waals surface area (Å²) >= 11 is 0. The number of hydrogen-bond acceptors (Lipinski definition) is 3. The molecule has 0 aliphatic carbocycles. The number of rotatable bonds is 4. The number of para-hydroxylation sites is 1. The molecular weight excluding hydrogens is 235 g/mol. The first-order valence-corrected chi connectivity index (χ1v) is 4.97. The summed E-state index contributed by atoms with van der Waals surface area (Å²) in [4.78, 5) is 0. The number of hydrogen-bond donors (Lipinski definition) is 1. The Morgan fingerprint density at radius 2 is 2.00 bits per heavy atom. The second-order valence-corrected chi connectivity index (χ2v) is 3.30. The highest BCUT2D eigenvalue weighted by Gasteiger charge is 2.29. The van der Waals surface area contributed by atoms with Crippen molar-refractivity contribution in [1.82, 2.24) is 0 Å². The normalized spacial score (nSPS) is 12.6. The molecule has 0 atom stereocenters. The van der Waals surface area contributed by atoms with Crippen molar-refractivity contribution < 1.29 is 23.1 Å². The zero-order chi connectivity index (χ0) is 12.9. The van der Waals surface area contributed by atoms with Crippen LogP contribution in [0.3, 0.4) is 0 Å². The van der Waals surface area contributed by atoms with E-state index in [2.05, 4.69) is 9.89 Å². The highest BCUT2D eigenvalue weighted by atomic mass is 19.4. The van der Waals surface area contributed by atoms with Gasteiger partial charge in [-0.3, -0.25) is 0 Å². The highest BCUT2D eigenvalue weighted by Crippen LogP contribution is 2.23. The van der Waals surface area contributed by atoms with Crippen LogP contribution in [-0.4, -0.2) is 23.7 Å². The van der Waals surface area contributed by atoms with E-state index in [1.165, 1.54) is 6.07 Å². The summed E-state index contributed by atoms with van der Waals surface area (Å²) in [5, 5.41) is 11.8. The Kier molecular flexibility index (Phi) is 4.37. The van der Waals surface area contributed by atoms with Gasteiger partial charge in [-0.05, 0) is 18.6 Å². The lowest BCUT2D eigenvalue weighted by Gasteiger charge is -2.13. The maximum absolute atomic E-state index is 12.0. The summed E-state index contributed by atoms with van der Waals surface area (Å²) in [5.74, 6) is 0.0551. The van der Waals surface area contributed by atoms with Gasteiger partial charge in [-0.1, -0.05) is 24.2 Å². The van der Waals surface area contributed by atoms with E-state index in [-0.39, 0.29) is 11.5 Å². The SMILES string of the molecule is CC/C(=N\O)c1ccccc1OCC(F)(F)F. The highest BCUT2D eigenvalue weighted by molar-refractivity contribution is 6.02. The quantitative estimate of drug-likeness (QED) is 0.504. The number of alkyl halides is 3. The van der Waals surface area contributed by atoms with Crippen LogP contribution in [-0.2, 0) is 0 Å². The minimum absolute atomic E-state index is 0.0551. The van der Waals surface area contributed by atoms with Crippen LogP contribution in [0.1, 0.15) is 18.9 Å². The molecule has 0 saturated carbocycles. The lowest BCUT2D eigenvalue weighted by molar-refractivity contribution is -0.153. The van der Waals surface area contributed by atoms with E-state index < -0.39 is 12.8 Å². The van der Waals surface area contributed by atoms with Gasteiger partial charge in [0.2, 0.25) is 0 Å². The molecule has 3 nitrogen and oxygen atoms in total. The van der Waals surface area contributed by atoms with Gasteiger partial charge >= 0.3 is 6.18 Å². The van der Waals surface area contributed by atoms with Gasteiger partial charge in [0, 0.05) is 5.56 Å². The van der Waals surface area contributed by atoms with Crippen molar-refractivity contribution >= 4 is 5.71 Å². The Balaban J connectivity index is 2.92. The molecule has 0 heterocycles. The summed E-state index contributed by atoms with van der Waals surface area (Å²) in [6.07, 6.45) is -4.00. The van der Waals surface area contributed by atoms with E-state index in [0.29, 0.717) is 12.0 Å². The van der Waals surface area contributed by atoms with Gasteiger partial charge in [-0.2, -0.15) is 13.2 Å². The van der Waals surface area contributed by atoms with Crippen molar-refractivity contribution in [2.24, 2.45) is 5.16 Å². The van der Waals surface area contributed by atoms with Gasteiger partial charge in [0.15, 0.2) is 6.61 Å². The van der Waals surface area contributed by atoms with Crippen LogP contribution < -0.4 is 4.74 Å². The standard InChI is InChI=1S/C11H12F3NO2/c1-2-9(15-16)8-5-3-4-6-10(8)17-7-11(12,13)14/h3-6,16H,2,7H2,1H3/b15-9+. The second-order valence-electron chi connectivity index (χ2n) is 3.30. The fourth-order valence-corrected chi connectivity index (χ4v) is 1.31. The molecule has 0 amide bonds. The third-order valence-corrected chi connectivity index (χ3v) is 2.04. The molecule has 0 unspecified atom stereocenters. The molecule has 0 aliphatic heterocycles. The summed E-state index contributed by atoms with van der Waals surface area (Å²) < 4.78 is 40.8. The van der Waals surface area contributed by atoms with E-state index in [0.717, 1.165) is 0 Å². The Morgan fingerprint density at radius 3 is 2.53 bits per heavy atom. The lowest BCUT2D eigenvalue weighted by atomic mass is 10.1. The Labute approximate surface area is 96.5 Å². The maximum atomic E-state index is 12.0. The molecule has 1 aromatic rings. The molecule has 17 heavy (non-hydrogen) atoms. The van der Waals surface area contributed by atoms with E-state index >= 15 is 0 Å². The van der Waals surface area contributed by atoms with E-state index in [4.69, 9.17) is 5.21 Å². The molecule has 0 radical (unpaired) electrons. The summed E-state index contributed by atoms with van der Waals surface area (Å²) in [5.41, 5.74) is 0.643. The van der Waals surface area contributed by atoms with Crippen LogP contribution in [0.4, 0.5) is 13.2 Å². The topological polar surface area (TPSA) is 41.8 Å². The minimum Gasteiger partial charge on any atom is -0.483 e. The van der Waals surface area contributed by atoms with Crippen molar-refractivity contribution in [3.63, 3.8) is 0 Å². The molecule has 1 N–H and O–H groups in total. The van der Waals surface area contributed by atoms with Crippen LogP contribution in [0.25, 0.3) is 0 Å². The van der Waals surface area contributed by atoms with Gasteiger partial charge < -0.3 is 9.94 Å². The molecule has 0 spiro atoms. The average Bonchev–Trinajstić information content (AvgIpc) is 2.28. The molecule has 1 aromatic carbocycles. The average molecular weight is 247 g/mol. The maximum Gasteiger partial charge on any atom is 0.422 e. The zero-order valence-electron chi connectivity index (χ0n) is 9.16. The van der Waals surface area contributed by atoms with Crippen LogP contribution in [0.2, 0.25) is 0 Å². The first kappa shape index (κ1) is 13.3. The molecular formula is C11H12F3NO2. The Bertz CT molecular complexity index is 402. The molecule has 0 aromatic heterocycles. The zero-order valence-corrected chi connectivity index (χ0v) is 9.16. The van der Waals surface area contributed by atoms with Gasteiger partial charge in [0.1, 0.15) is 5.75 Å². The summed E-state index contributed by atoms with van der Waals surface area (Å²) in [6, 6.07) is 6.14. The first-order valence-electron chi connectivity index (χ1n) is 4.97. The van der Waals surface area contributed by atoms with Crippen LogP contribution >= 0.6 is 0 Å². The largest absolute Gasteiger partial charge is 0.483 e. The van der Waals surface area contributed by atoms with Crippen molar-refractivity contribution in [2.75, 3.05) is 6.61 Å². The van der Waals surface area contributed by atoms with Crippen molar-refractivity contribution in [3.05, 3.63) is 29.8 Å². The minimum atomic E-state index is -4.39. The van der Waals surface area contributed by atoms with E-state index in [1.807, 2.05) is 0 Å².